The van der Waals surface area contributed by atoms with Crippen LogP contribution < -0.4 is 4.74 Å². The van der Waals surface area contributed by atoms with Crippen LogP contribution in [0, 0.1) is 10.1 Å². The third-order valence-corrected chi connectivity index (χ3v) is 4.73. The number of rotatable bonds is 3. The van der Waals surface area contributed by atoms with Gasteiger partial charge in [-0.15, -0.1) is 0 Å². The van der Waals surface area contributed by atoms with Crippen molar-refractivity contribution in [2.75, 3.05) is 7.11 Å². The largest absolute Gasteiger partial charge is 0.500 e. The van der Waals surface area contributed by atoms with E-state index in [9.17, 15) is 20.0 Å². The van der Waals surface area contributed by atoms with E-state index in [2.05, 4.69) is 0 Å². The number of benzene rings is 3. The van der Waals surface area contributed by atoms with Crippen molar-refractivity contribution >= 4 is 23.1 Å². The second-order valence-corrected chi connectivity index (χ2v) is 6.33. The number of aromatic hydroxyl groups is 1. The summed E-state index contributed by atoms with van der Waals surface area (Å²) >= 11 is 0. The van der Waals surface area contributed by atoms with Gasteiger partial charge in [0.2, 0.25) is 5.75 Å². The Morgan fingerprint density at radius 3 is 2.00 bits per heavy atom. The Morgan fingerprint density at radius 1 is 0.964 bits per heavy atom. The third kappa shape index (κ3) is 2.72. The molecule has 0 aromatic heterocycles. The minimum absolute atomic E-state index is 0.00880. The first-order valence-corrected chi connectivity index (χ1v) is 8.52. The lowest BCUT2D eigenvalue weighted by Gasteiger charge is -2.21. The monoisotopic (exact) mass is 373 g/mol. The Kier molecular flexibility index (Phi) is 4.16. The van der Waals surface area contributed by atoms with Crippen LogP contribution >= 0.6 is 0 Å². The van der Waals surface area contributed by atoms with Crippen molar-refractivity contribution in [3.05, 3.63) is 98.6 Å². The van der Waals surface area contributed by atoms with Gasteiger partial charge in [-0.05, 0) is 34.4 Å². The molecule has 0 spiro atoms. The third-order valence-electron chi connectivity index (χ3n) is 4.73. The van der Waals surface area contributed by atoms with Crippen molar-refractivity contribution in [2.45, 2.75) is 0 Å². The van der Waals surface area contributed by atoms with Crippen molar-refractivity contribution in [1.82, 2.24) is 0 Å². The quantitative estimate of drug-likeness (QED) is 0.423. The zero-order valence-electron chi connectivity index (χ0n) is 14.9. The van der Waals surface area contributed by atoms with E-state index in [4.69, 9.17) is 4.74 Å². The highest BCUT2D eigenvalue weighted by Gasteiger charge is 2.27. The molecule has 0 saturated carbocycles. The van der Waals surface area contributed by atoms with Crippen LogP contribution in [0.25, 0.3) is 11.6 Å². The molecule has 1 aliphatic rings. The Morgan fingerprint density at radius 2 is 1.50 bits per heavy atom. The van der Waals surface area contributed by atoms with E-state index in [0.29, 0.717) is 16.7 Å². The summed E-state index contributed by atoms with van der Waals surface area (Å²) in [5.41, 5.74) is 3.46. The van der Waals surface area contributed by atoms with E-state index in [1.165, 1.54) is 19.2 Å². The van der Waals surface area contributed by atoms with Crippen LogP contribution in [0.1, 0.15) is 32.6 Å². The van der Waals surface area contributed by atoms with Gasteiger partial charge in [0.05, 0.1) is 12.0 Å². The number of ketones is 1. The summed E-state index contributed by atoms with van der Waals surface area (Å²) in [4.78, 5) is 23.5. The number of nitro groups is 1. The number of carbonyl (C=O) groups excluding carboxylic acids is 1. The maximum Gasteiger partial charge on any atom is 0.315 e. The molecule has 1 aliphatic carbocycles. The zero-order chi connectivity index (χ0) is 19.8. The van der Waals surface area contributed by atoms with Crippen molar-refractivity contribution in [2.24, 2.45) is 0 Å². The first-order valence-electron chi connectivity index (χ1n) is 8.52. The van der Waals surface area contributed by atoms with Crippen LogP contribution in [-0.2, 0) is 0 Å². The maximum absolute atomic E-state index is 12.8. The minimum Gasteiger partial charge on any atom is -0.500 e. The molecule has 0 bridgehead atoms. The molecule has 0 unspecified atom stereocenters. The zero-order valence-corrected chi connectivity index (χ0v) is 14.9. The molecule has 28 heavy (non-hydrogen) atoms. The normalized spacial score (nSPS) is 12.2. The fourth-order valence-corrected chi connectivity index (χ4v) is 3.44. The average molecular weight is 373 g/mol. The first-order chi connectivity index (χ1) is 13.5. The molecule has 0 atom stereocenters. The van der Waals surface area contributed by atoms with Gasteiger partial charge in [0.25, 0.3) is 0 Å². The second-order valence-electron chi connectivity index (χ2n) is 6.33. The molecule has 1 N–H and O–H groups in total. The lowest BCUT2D eigenvalue weighted by molar-refractivity contribution is -0.386. The van der Waals surface area contributed by atoms with Crippen molar-refractivity contribution < 1.29 is 19.6 Å². The number of hydrogen-bond acceptors (Lipinski definition) is 5. The van der Waals surface area contributed by atoms with Gasteiger partial charge in [0, 0.05) is 17.2 Å². The number of phenolic OH excluding ortho intramolecular Hbond substituents is 1. The number of nitrogens with zero attached hydrogens (tertiary/aromatic N) is 1. The summed E-state index contributed by atoms with van der Waals surface area (Å²) < 4.78 is 5.08. The molecule has 3 aromatic rings. The van der Waals surface area contributed by atoms with Crippen molar-refractivity contribution in [3.63, 3.8) is 0 Å². The molecule has 3 aromatic carbocycles. The predicted molar refractivity (Wildman–Crippen MR) is 105 cm³/mol. The van der Waals surface area contributed by atoms with Crippen LogP contribution in [0.15, 0.2) is 60.7 Å². The van der Waals surface area contributed by atoms with Gasteiger partial charge in [-0.2, -0.15) is 0 Å². The Balaban J connectivity index is 1.99. The first kappa shape index (κ1) is 17.5. The van der Waals surface area contributed by atoms with Crippen LogP contribution in [0.5, 0.6) is 11.5 Å². The molecule has 0 aliphatic heterocycles. The van der Waals surface area contributed by atoms with Gasteiger partial charge in [-0.3, -0.25) is 14.9 Å². The molecule has 0 fully saturated rings. The fourth-order valence-electron chi connectivity index (χ4n) is 3.44. The van der Waals surface area contributed by atoms with Gasteiger partial charge in [-0.25, -0.2) is 0 Å². The molecule has 0 radical (unpaired) electrons. The van der Waals surface area contributed by atoms with Crippen LogP contribution in [0.3, 0.4) is 0 Å². The van der Waals surface area contributed by atoms with Crippen molar-refractivity contribution in [1.29, 1.82) is 0 Å². The van der Waals surface area contributed by atoms with Gasteiger partial charge >= 0.3 is 5.69 Å². The molecule has 6 heteroatoms. The highest BCUT2D eigenvalue weighted by atomic mass is 16.6. The van der Waals surface area contributed by atoms with Crippen molar-refractivity contribution in [3.8, 4) is 11.5 Å². The Hall–Kier alpha value is -3.93. The molecule has 6 nitrogen and oxygen atoms in total. The highest BCUT2D eigenvalue weighted by Crippen LogP contribution is 2.40. The molecule has 4 rings (SSSR count). The van der Waals surface area contributed by atoms with E-state index in [-0.39, 0.29) is 11.5 Å². The molecular weight excluding hydrogens is 358 g/mol. The standard InChI is InChI=1S/C22H15NO5/c1-28-20-12-13(11-19(22(20)25)23(26)27)10-18-14-6-2-4-8-16(14)21(24)17-9-5-3-7-15(17)18/h2-12,25H,1H3. The number of carbonyl (C=O) groups is 1. The number of nitro benzene ring substituents is 1. The van der Waals surface area contributed by atoms with E-state index >= 15 is 0 Å². The van der Waals surface area contributed by atoms with E-state index in [1.807, 2.05) is 24.3 Å². The number of fused-ring (bicyclic) bond motifs is 2. The molecule has 138 valence electrons. The van der Waals surface area contributed by atoms with Gasteiger partial charge in [0.1, 0.15) is 0 Å². The topological polar surface area (TPSA) is 89.7 Å². The smallest absolute Gasteiger partial charge is 0.315 e. The summed E-state index contributed by atoms with van der Waals surface area (Å²) in [6.07, 6.45) is 1.76. The van der Waals surface area contributed by atoms with Crippen LogP contribution in [0.4, 0.5) is 5.69 Å². The summed E-state index contributed by atoms with van der Waals surface area (Å²) in [6, 6.07) is 17.3. The van der Waals surface area contributed by atoms with Gasteiger partial charge < -0.3 is 9.84 Å². The molecular formula is C22H15NO5. The average Bonchev–Trinajstić information content (AvgIpc) is 2.71. The number of methoxy groups -OCH3 is 1. The lowest BCUT2D eigenvalue weighted by atomic mass is 9.80. The van der Waals surface area contributed by atoms with Crippen LogP contribution in [-0.4, -0.2) is 22.9 Å². The Bertz CT molecular complexity index is 1110. The predicted octanol–water partition coefficient (Wildman–Crippen LogP) is 4.44. The number of hydrogen-bond donors (Lipinski definition) is 1. The highest BCUT2D eigenvalue weighted by molar-refractivity contribution is 6.20. The molecule has 0 amide bonds. The van der Waals surface area contributed by atoms with Crippen LogP contribution in [0.2, 0.25) is 0 Å². The number of phenols is 1. The van der Waals surface area contributed by atoms with E-state index < -0.39 is 16.4 Å². The summed E-state index contributed by atoms with van der Waals surface area (Å²) in [7, 11) is 1.33. The summed E-state index contributed by atoms with van der Waals surface area (Å²) in [6.45, 7) is 0. The second kappa shape index (κ2) is 6.66. The van der Waals surface area contributed by atoms with E-state index in [1.54, 1.807) is 30.3 Å². The summed E-state index contributed by atoms with van der Waals surface area (Å²) in [5, 5.41) is 21.3. The SMILES string of the molecule is COc1cc(C=C2c3ccccc3C(=O)c3ccccc32)cc([N+](=O)[O-])c1O. The summed E-state index contributed by atoms with van der Waals surface area (Å²) in [5.74, 6) is -0.568. The molecule has 0 saturated heterocycles. The molecule has 0 heterocycles. The minimum atomic E-state index is -0.661. The number of ether oxygens (including phenoxy) is 1. The maximum atomic E-state index is 12.8. The van der Waals surface area contributed by atoms with E-state index in [0.717, 1.165) is 16.7 Å². The van der Waals surface area contributed by atoms with Gasteiger partial charge in [-0.1, -0.05) is 48.5 Å². The lowest BCUT2D eigenvalue weighted by Crippen LogP contribution is -2.14. The fraction of sp³-hybridized carbons (Fsp3) is 0.0455. The van der Waals surface area contributed by atoms with Gasteiger partial charge in [0.15, 0.2) is 11.5 Å². The Labute approximate surface area is 160 Å².